The van der Waals surface area contributed by atoms with E-state index in [0.29, 0.717) is 11.5 Å². The smallest absolute Gasteiger partial charge is 0.227 e. The second-order valence-corrected chi connectivity index (χ2v) is 6.92. The Bertz CT molecular complexity index is 293. The average Bonchev–Trinajstić information content (AvgIpc) is 2.65. The van der Waals surface area contributed by atoms with E-state index in [2.05, 4.69) is 31.4 Å². The van der Waals surface area contributed by atoms with Crippen LogP contribution < -0.4 is 10.6 Å². The second-order valence-electron chi connectivity index (χ2n) is 6.92. The van der Waals surface area contributed by atoms with Crippen LogP contribution in [0.3, 0.4) is 0 Å². The first-order chi connectivity index (χ1) is 7.91. The fourth-order valence-electron chi connectivity index (χ4n) is 3.19. The van der Waals surface area contributed by atoms with Crippen LogP contribution in [0.25, 0.3) is 0 Å². The summed E-state index contributed by atoms with van der Waals surface area (Å²) in [4.78, 5) is 12.3. The van der Waals surface area contributed by atoms with Crippen molar-refractivity contribution < 1.29 is 4.79 Å². The summed E-state index contributed by atoms with van der Waals surface area (Å²) in [6.45, 7) is 8.50. The highest BCUT2D eigenvalue weighted by atomic mass is 16.2. The summed E-state index contributed by atoms with van der Waals surface area (Å²) in [7, 11) is 0. The second kappa shape index (κ2) is 4.60. The van der Waals surface area contributed by atoms with Gasteiger partial charge in [0.15, 0.2) is 0 Å². The molecule has 2 fully saturated rings. The molecule has 0 aromatic carbocycles. The van der Waals surface area contributed by atoms with Crippen molar-refractivity contribution in [1.82, 2.24) is 10.6 Å². The average molecular weight is 238 g/mol. The fourth-order valence-corrected chi connectivity index (χ4v) is 3.19. The van der Waals surface area contributed by atoms with Crippen molar-refractivity contribution in [3.8, 4) is 0 Å². The molecule has 3 heteroatoms. The zero-order valence-electron chi connectivity index (χ0n) is 11.4. The summed E-state index contributed by atoms with van der Waals surface area (Å²) >= 11 is 0. The van der Waals surface area contributed by atoms with Gasteiger partial charge < -0.3 is 10.6 Å². The van der Waals surface area contributed by atoms with Crippen molar-refractivity contribution in [2.45, 2.75) is 58.9 Å². The van der Waals surface area contributed by atoms with Crippen molar-refractivity contribution in [2.24, 2.45) is 10.8 Å². The van der Waals surface area contributed by atoms with E-state index in [1.807, 2.05) is 0 Å². The lowest BCUT2D eigenvalue weighted by Crippen LogP contribution is -2.47. The summed E-state index contributed by atoms with van der Waals surface area (Å²) < 4.78 is 0. The molecule has 2 rings (SSSR count). The first kappa shape index (κ1) is 12.9. The molecule has 17 heavy (non-hydrogen) atoms. The number of carbonyl (C=O) groups excluding carboxylic acids is 1. The molecule has 2 unspecified atom stereocenters. The van der Waals surface area contributed by atoms with Gasteiger partial charge in [0, 0.05) is 12.6 Å². The third kappa shape index (κ3) is 3.01. The van der Waals surface area contributed by atoms with Gasteiger partial charge in [0.25, 0.3) is 0 Å². The van der Waals surface area contributed by atoms with Gasteiger partial charge in [-0.1, -0.05) is 20.3 Å². The Morgan fingerprint density at radius 3 is 2.65 bits per heavy atom. The van der Waals surface area contributed by atoms with E-state index in [1.54, 1.807) is 0 Å². The van der Waals surface area contributed by atoms with Crippen LogP contribution in [-0.4, -0.2) is 25.0 Å². The van der Waals surface area contributed by atoms with Gasteiger partial charge in [-0.2, -0.15) is 0 Å². The van der Waals surface area contributed by atoms with Gasteiger partial charge in [-0.3, -0.25) is 4.79 Å². The highest BCUT2D eigenvalue weighted by Gasteiger charge is 2.38. The molecular weight excluding hydrogens is 212 g/mol. The lowest BCUT2D eigenvalue weighted by Gasteiger charge is -2.37. The molecule has 1 amide bonds. The zero-order valence-corrected chi connectivity index (χ0v) is 11.4. The van der Waals surface area contributed by atoms with Gasteiger partial charge in [0.1, 0.15) is 0 Å². The molecule has 1 saturated heterocycles. The highest BCUT2D eigenvalue weighted by molar-refractivity contribution is 5.83. The van der Waals surface area contributed by atoms with Crippen molar-refractivity contribution in [2.75, 3.05) is 13.1 Å². The molecule has 1 saturated carbocycles. The molecule has 0 bridgehead atoms. The van der Waals surface area contributed by atoms with Crippen LogP contribution in [0.4, 0.5) is 0 Å². The van der Waals surface area contributed by atoms with E-state index in [1.165, 1.54) is 12.8 Å². The third-order valence-corrected chi connectivity index (χ3v) is 4.46. The normalized spacial score (nSPS) is 36.8. The van der Waals surface area contributed by atoms with Crippen LogP contribution in [-0.2, 0) is 4.79 Å². The summed E-state index contributed by atoms with van der Waals surface area (Å²) in [5.41, 5.74) is 0.215. The molecule has 0 radical (unpaired) electrons. The van der Waals surface area contributed by atoms with E-state index in [9.17, 15) is 4.79 Å². The minimum Gasteiger partial charge on any atom is -0.353 e. The molecule has 1 aliphatic carbocycles. The van der Waals surface area contributed by atoms with Crippen molar-refractivity contribution >= 4 is 5.91 Å². The Morgan fingerprint density at radius 2 is 2.06 bits per heavy atom. The maximum Gasteiger partial charge on any atom is 0.227 e. The number of amides is 1. The molecule has 98 valence electrons. The van der Waals surface area contributed by atoms with Crippen molar-refractivity contribution in [3.05, 3.63) is 0 Å². The van der Waals surface area contributed by atoms with Gasteiger partial charge in [-0.05, 0) is 44.6 Å². The Balaban J connectivity index is 1.90. The monoisotopic (exact) mass is 238 g/mol. The number of carbonyl (C=O) groups is 1. The largest absolute Gasteiger partial charge is 0.353 e. The van der Waals surface area contributed by atoms with Crippen LogP contribution in [0.5, 0.6) is 0 Å². The third-order valence-electron chi connectivity index (χ3n) is 4.46. The number of rotatable bonds is 2. The van der Waals surface area contributed by atoms with Crippen LogP contribution in [0.2, 0.25) is 0 Å². The van der Waals surface area contributed by atoms with Crippen molar-refractivity contribution in [3.63, 3.8) is 0 Å². The maximum atomic E-state index is 12.3. The summed E-state index contributed by atoms with van der Waals surface area (Å²) in [6.07, 6.45) is 5.78. The molecule has 2 N–H and O–H groups in total. The molecule has 1 aliphatic heterocycles. The van der Waals surface area contributed by atoms with Gasteiger partial charge in [-0.25, -0.2) is 0 Å². The van der Waals surface area contributed by atoms with Gasteiger partial charge in [0.05, 0.1) is 5.41 Å². The van der Waals surface area contributed by atoms with Gasteiger partial charge in [0.2, 0.25) is 5.91 Å². The molecule has 0 aromatic heterocycles. The van der Waals surface area contributed by atoms with Crippen LogP contribution in [0.1, 0.15) is 52.9 Å². The molecule has 3 nitrogen and oxygen atoms in total. The molecule has 0 aromatic rings. The van der Waals surface area contributed by atoms with Gasteiger partial charge in [-0.15, -0.1) is 0 Å². The quantitative estimate of drug-likeness (QED) is 0.773. The topological polar surface area (TPSA) is 41.1 Å². The molecule has 2 aliphatic rings. The predicted molar refractivity (Wildman–Crippen MR) is 69.8 cm³/mol. The predicted octanol–water partition coefficient (Wildman–Crippen LogP) is 2.07. The first-order valence-electron chi connectivity index (χ1n) is 6.93. The Hall–Kier alpha value is -0.570. The number of hydrogen-bond acceptors (Lipinski definition) is 2. The minimum atomic E-state index is -0.179. The molecule has 2 atom stereocenters. The minimum absolute atomic E-state index is 0.179. The van der Waals surface area contributed by atoms with Crippen LogP contribution >= 0.6 is 0 Å². The maximum absolute atomic E-state index is 12.3. The van der Waals surface area contributed by atoms with E-state index >= 15 is 0 Å². The summed E-state index contributed by atoms with van der Waals surface area (Å²) in [5.74, 6) is 0.255. The van der Waals surface area contributed by atoms with E-state index in [0.717, 1.165) is 32.4 Å². The first-order valence-corrected chi connectivity index (χ1v) is 6.93. The lowest BCUT2D eigenvalue weighted by atomic mass is 9.75. The van der Waals surface area contributed by atoms with Crippen LogP contribution in [0, 0.1) is 10.8 Å². The Kier molecular flexibility index (Phi) is 3.48. The van der Waals surface area contributed by atoms with Gasteiger partial charge >= 0.3 is 0 Å². The molecular formula is C14H26N2O. The Morgan fingerprint density at radius 1 is 1.29 bits per heavy atom. The van der Waals surface area contributed by atoms with E-state index in [4.69, 9.17) is 0 Å². The number of hydrogen-bond donors (Lipinski definition) is 2. The lowest BCUT2D eigenvalue weighted by molar-refractivity contribution is -0.130. The fraction of sp³-hybridized carbons (Fsp3) is 0.929. The van der Waals surface area contributed by atoms with E-state index in [-0.39, 0.29) is 11.3 Å². The Labute approximate surface area is 105 Å². The zero-order chi connectivity index (χ0) is 12.5. The van der Waals surface area contributed by atoms with E-state index < -0.39 is 0 Å². The number of nitrogens with one attached hydrogen (secondary N) is 2. The summed E-state index contributed by atoms with van der Waals surface area (Å²) in [6, 6.07) is 0.392. The highest BCUT2D eigenvalue weighted by Crippen LogP contribution is 2.35. The summed E-state index contributed by atoms with van der Waals surface area (Å²) in [5, 5.41) is 6.56. The molecule has 0 spiro atoms. The van der Waals surface area contributed by atoms with Crippen molar-refractivity contribution in [1.29, 1.82) is 0 Å². The standard InChI is InChI=1S/C14H26N2O/c1-13(2)6-4-5-11(9-13)16-12(17)14(3)7-8-15-10-14/h11,15H,4-10H2,1-3H3,(H,16,17). The molecule has 1 heterocycles. The SMILES string of the molecule is CC1(C)CCCC(NC(=O)C2(C)CCNC2)C1. The van der Waals surface area contributed by atoms with Crippen LogP contribution in [0.15, 0.2) is 0 Å².